The summed E-state index contributed by atoms with van der Waals surface area (Å²) in [5.74, 6) is 1.23. The molecule has 5 nitrogen and oxygen atoms in total. The molecule has 3 rings (SSSR count). The van der Waals surface area contributed by atoms with Crippen LogP contribution in [0.1, 0.15) is 17.9 Å². The molecule has 6 heteroatoms. The van der Waals surface area contributed by atoms with Gasteiger partial charge >= 0.3 is 0 Å². The number of nitrogens with zero attached hydrogens (tertiary/aromatic N) is 3. The van der Waals surface area contributed by atoms with Crippen LogP contribution in [0.25, 0.3) is 0 Å². The fourth-order valence-electron chi connectivity index (χ4n) is 2.97. The normalized spacial score (nSPS) is 16.1. The molecule has 0 aliphatic carbocycles. The van der Waals surface area contributed by atoms with Crippen LogP contribution in [0.15, 0.2) is 36.5 Å². The van der Waals surface area contributed by atoms with Gasteiger partial charge in [-0.15, -0.1) is 0 Å². The minimum Gasteiger partial charge on any atom is -0.493 e. The van der Waals surface area contributed by atoms with Crippen molar-refractivity contribution < 1.29 is 9.53 Å². The maximum Gasteiger partial charge on any atom is 0.234 e. The molecule has 0 saturated carbocycles. The number of halogens is 1. The molecule has 1 amide bonds. The quantitative estimate of drug-likeness (QED) is 0.856. The highest BCUT2D eigenvalue weighted by atomic mass is 35.5. The maximum atomic E-state index is 13.1. The van der Waals surface area contributed by atoms with Crippen LogP contribution in [-0.4, -0.2) is 38.6 Å². The van der Waals surface area contributed by atoms with E-state index in [-0.39, 0.29) is 11.8 Å². The van der Waals surface area contributed by atoms with Gasteiger partial charge in [-0.3, -0.25) is 4.79 Å². The molecule has 0 saturated heterocycles. The van der Waals surface area contributed by atoms with E-state index in [0.717, 1.165) is 22.8 Å². The van der Waals surface area contributed by atoms with Gasteiger partial charge in [0.25, 0.3) is 0 Å². The van der Waals surface area contributed by atoms with Crippen molar-refractivity contribution in [1.29, 1.82) is 0 Å². The highest BCUT2D eigenvalue weighted by molar-refractivity contribution is 6.30. The van der Waals surface area contributed by atoms with Crippen molar-refractivity contribution in [3.05, 3.63) is 47.1 Å². The topological polar surface area (TPSA) is 45.7 Å². The van der Waals surface area contributed by atoms with E-state index in [4.69, 9.17) is 16.3 Å². The molecule has 0 spiro atoms. The third-order valence-corrected chi connectivity index (χ3v) is 4.43. The Balaban J connectivity index is 1.95. The maximum absolute atomic E-state index is 13.1. The van der Waals surface area contributed by atoms with Crippen molar-refractivity contribution in [3.63, 3.8) is 0 Å². The summed E-state index contributed by atoms with van der Waals surface area (Å²) < 4.78 is 5.66. The number of benzene rings is 1. The SMILES string of the molecule is CN(C)c1ncccc1N(C)C(=O)C1CCOc2ccc(Cl)cc21. The molecular formula is C18H20ClN3O2. The van der Waals surface area contributed by atoms with Crippen LogP contribution in [0.3, 0.4) is 0 Å². The van der Waals surface area contributed by atoms with Crippen LogP contribution in [0, 0.1) is 0 Å². The number of amides is 1. The summed E-state index contributed by atoms with van der Waals surface area (Å²) in [5.41, 5.74) is 1.63. The zero-order valence-corrected chi connectivity index (χ0v) is 14.7. The molecule has 0 N–H and O–H groups in total. The summed E-state index contributed by atoms with van der Waals surface area (Å²) in [6.07, 6.45) is 2.36. The van der Waals surface area contributed by atoms with Gasteiger partial charge in [-0.05, 0) is 36.8 Å². The zero-order valence-electron chi connectivity index (χ0n) is 14.0. The van der Waals surface area contributed by atoms with Crippen molar-refractivity contribution in [3.8, 4) is 5.75 Å². The molecule has 0 radical (unpaired) electrons. The first-order valence-electron chi connectivity index (χ1n) is 7.81. The minimum absolute atomic E-state index is 0.0120. The van der Waals surface area contributed by atoms with Crippen LogP contribution >= 0.6 is 11.6 Å². The first kappa shape index (κ1) is 16.6. The molecule has 1 aliphatic heterocycles. The van der Waals surface area contributed by atoms with E-state index >= 15 is 0 Å². The third-order valence-electron chi connectivity index (χ3n) is 4.19. The molecule has 126 valence electrons. The second kappa shape index (κ2) is 6.69. The fourth-order valence-corrected chi connectivity index (χ4v) is 3.15. The second-order valence-electron chi connectivity index (χ2n) is 6.01. The van der Waals surface area contributed by atoms with Crippen LogP contribution in [0.2, 0.25) is 5.02 Å². The first-order chi connectivity index (χ1) is 11.5. The van der Waals surface area contributed by atoms with E-state index in [1.54, 1.807) is 24.2 Å². The summed E-state index contributed by atoms with van der Waals surface area (Å²) in [7, 11) is 5.60. The Morgan fingerprint density at radius 3 is 2.83 bits per heavy atom. The van der Waals surface area contributed by atoms with Gasteiger partial charge in [0, 0.05) is 37.9 Å². The van der Waals surface area contributed by atoms with E-state index in [1.165, 1.54) is 0 Å². The highest BCUT2D eigenvalue weighted by Crippen LogP contribution is 2.37. The minimum atomic E-state index is -0.271. The van der Waals surface area contributed by atoms with Crippen molar-refractivity contribution in [2.45, 2.75) is 12.3 Å². The standard InChI is InChI=1S/C18H20ClN3O2/c1-21(2)17-15(5-4-9-20-17)22(3)18(23)13-8-10-24-16-7-6-12(19)11-14(13)16/h4-7,9,11,13H,8,10H2,1-3H3. The lowest BCUT2D eigenvalue weighted by molar-refractivity contribution is -0.120. The molecule has 1 aromatic heterocycles. The van der Waals surface area contributed by atoms with E-state index in [9.17, 15) is 4.79 Å². The molecule has 1 aromatic carbocycles. The van der Waals surface area contributed by atoms with Crippen LogP contribution in [-0.2, 0) is 4.79 Å². The van der Waals surface area contributed by atoms with Crippen molar-refractivity contribution >= 4 is 29.0 Å². The van der Waals surface area contributed by atoms with E-state index < -0.39 is 0 Å². The van der Waals surface area contributed by atoms with Gasteiger partial charge in [0.2, 0.25) is 5.91 Å². The Morgan fingerprint density at radius 2 is 2.08 bits per heavy atom. The number of carbonyl (C=O) groups is 1. The lowest BCUT2D eigenvalue weighted by Crippen LogP contribution is -2.35. The summed E-state index contributed by atoms with van der Waals surface area (Å²) in [6.45, 7) is 0.520. The summed E-state index contributed by atoms with van der Waals surface area (Å²) in [6, 6.07) is 9.16. The zero-order chi connectivity index (χ0) is 17.3. The summed E-state index contributed by atoms with van der Waals surface area (Å²) >= 11 is 6.11. The average Bonchev–Trinajstić information content (AvgIpc) is 2.59. The second-order valence-corrected chi connectivity index (χ2v) is 6.45. The summed E-state index contributed by atoms with van der Waals surface area (Å²) in [5, 5.41) is 0.607. The number of pyridine rings is 1. The Labute approximate surface area is 146 Å². The van der Waals surface area contributed by atoms with Gasteiger partial charge in [0.05, 0.1) is 18.2 Å². The Hall–Kier alpha value is -2.27. The van der Waals surface area contributed by atoms with Crippen LogP contribution in [0.5, 0.6) is 5.75 Å². The van der Waals surface area contributed by atoms with Gasteiger partial charge in [0.15, 0.2) is 5.82 Å². The number of rotatable bonds is 3. The van der Waals surface area contributed by atoms with Crippen molar-refractivity contribution in [1.82, 2.24) is 4.98 Å². The predicted octanol–water partition coefficient (Wildman–Crippen LogP) is 3.33. The smallest absolute Gasteiger partial charge is 0.234 e. The van der Waals surface area contributed by atoms with Gasteiger partial charge in [-0.2, -0.15) is 0 Å². The molecule has 1 unspecified atom stereocenters. The van der Waals surface area contributed by atoms with Crippen LogP contribution in [0.4, 0.5) is 11.5 Å². The number of likely N-dealkylation sites (N-methyl/N-ethyl adjacent to an activating group) is 1. The van der Waals surface area contributed by atoms with E-state index in [2.05, 4.69) is 4.98 Å². The van der Waals surface area contributed by atoms with Gasteiger partial charge in [-0.25, -0.2) is 4.98 Å². The number of carbonyl (C=O) groups excluding carboxylic acids is 1. The number of anilines is 2. The molecule has 0 fully saturated rings. The predicted molar refractivity (Wildman–Crippen MR) is 96.3 cm³/mol. The average molecular weight is 346 g/mol. The lowest BCUT2D eigenvalue weighted by Gasteiger charge is -2.30. The van der Waals surface area contributed by atoms with Crippen LogP contribution < -0.4 is 14.5 Å². The highest BCUT2D eigenvalue weighted by Gasteiger charge is 2.31. The Bertz CT molecular complexity index is 764. The Morgan fingerprint density at radius 1 is 1.29 bits per heavy atom. The first-order valence-corrected chi connectivity index (χ1v) is 8.19. The molecule has 24 heavy (non-hydrogen) atoms. The monoisotopic (exact) mass is 345 g/mol. The molecule has 0 bridgehead atoms. The molecule has 1 aliphatic rings. The van der Waals surface area contributed by atoms with E-state index in [1.807, 2.05) is 43.3 Å². The summed E-state index contributed by atoms with van der Waals surface area (Å²) in [4.78, 5) is 21.1. The Kier molecular flexibility index (Phi) is 4.62. The van der Waals surface area contributed by atoms with Gasteiger partial charge in [-0.1, -0.05) is 11.6 Å². The number of aromatic nitrogens is 1. The van der Waals surface area contributed by atoms with Gasteiger partial charge < -0.3 is 14.5 Å². The number of hydrogen-bond acceptors (Lipinski definition) is 4. The van der Waals surface area contributed by atoms with Gasteiger partial charge in [0.1, 0.15) is 5.75 Å². The fraction of sp³-hybridized carbons (Fsp3) is 0.333. The molecule has 2 aromatic rings. The van der Waals surface area contributed by atoms with Crippen molar-refractivity contribution in [2.75, 3.05) is 37.5 Å². The van der Waals surface area contributed by atoms with E-state index in [0.29, 0.717) is 18.1 Å². The molecular weight excluding hydrogens is 326 g/mol. The number of ether oxygens (including phenoxy) is 1. The van der Waals surface area contributed by atoms with Crippen molar-refractivity contribution in [2.24, 2.45) is 0 Å². The number of hydrogen-bond donors (Lipinski definition) is 0. The lowest BCUT2D eigenvalue weighted by atomic mass is 9.91. The third kappa shape index (κ3) is 3.04. The molecule has 2 heterocycles. The largest absolute Gasteiger partial charge is 0.493 e. The molecule has 1 atom stereocenters. The number of fused-ring (bicyclic) bond motifs is 1.